The number of carbonyl (C=O) groups excluding carboxylic acids is 2. The second kappa shape index (κ2) is 9.38. The summed E-state index contributed by atoms with van der Waals surface area (Å²) in [4.78, 5) is 27.6. The zero-order valence-corrected chi connectivity index (χ0v) is 15.0. The van der Waals surface area contributed by atoms with Crippen LogP contribution in [0.1, 0.15) is 24.2 Å². The molecular weight excluding hydrogens is 388 g/mol. The average molecular weight is 405 g/mol. The quantitative estimate of drug-likeness (QED) is 0.548. The van der Waals surface area contributed by atoms with Crippen molar-refractivity contribution >= 4 is 51.1 Å². The van der Waals surface area contributed by atoms with Crippen LogP contribution < -0.4 is 16.0 Å². The molecule has 0 saturated carbocycles. The van der Waals surface area contributed by atoms with Crippen LogP contribution in [0.5, 0.6) is 0 Å². The molecule has 0 aliphatic heterocycles. The Labute approximate surface area is 147 Å². The first-order valence-electron chi connectivity index (χ1n) is 6.69. The summed E-state index contributed by atoms with van der Waals surface area (Å²) in [6.07, 6.45) is 0.767. The normalized spacial score (nSPS) is 11.3. The van der Waals surface area contributed by atoms with Gasteiger partial charge in [0.2, 0.25) is 0 Å². The summed E-state index contributed by atoms with van der Waals surface area (Å²) in [5.41, 5.74) is 0.202. The van der Waals surface area contributed by atoms with E-state index in [9.17, 15) is 9.59 Å². The Morgan fingerprint density at radius 3 is 2.83 bits per heavy atom. The Bertz CT molecular complexity index is 599. The average Bonchev–Trinajstić information content (AvgIpc) is 2.48. The molecule has 0 bridgehead atoms. The molecule has 2 amide bonds. The van der Waals surface area contributed by atoms with Crippen molar-refractivity contribution in [3.8, 4) is 0 Å². The number of pyridine rings is 1. The molecule has 1 atom stereocenters. The summed E-state index contributed by atoms with van der Waals surface area (Å²) in [5.74, 6) is -0.278. The summed E-state index contributed by atoms with van der Waals surface area (Å²) in [5, 5.41) is 16.5. The maximum Gasteiger partial charge on any atom is 0.413 e. The van der Waals surface area contributed by atoms with Crippen LogP contribution in [0.25, 0.3) is 0 Å². The Morgan fingerprint density at radius 1 is 1.52 bits per heavy atom. The van der Waals surface area contributed by atoms with Gasteiger partial charge in [0.15, 0.2) is 5.11 Å². The molecule has 0 aromatic carbocycles. The number of ether oxygens (including phenoxy) is 1. The molecule has 0 unspecified atom stereocenters. The standard InChI is InChI=1S/C13H17BrN4O4S/c1-3-22-13(21)18-12(23)17-10-9(4-8(14)5-15-10)11(20)16-7(2)6-19/h4-5,7,19H,3,6H2,1-2H3,(H,16,20)(H2,15,17,18,21,23)/t7-/m0/s1. The van der Waals surface area contributed by atoms with Gasteiger partial charge < -0.3 is 20.5 Å². The Balaban J connectivity index is 2.88. The van der Waals surface area contributed by atoms with Gasteiger partial charge in [0.25, 0.3) is 5.91 Å². The fraction of sp³-hybridized carbons (Fsp3) is 0.385. The maximum atomic E-state index is 12.2. The van der Waals surface area contributed by atoms with Gasteiger partial charge in [-0.1, -0.05) is 0 Å². The number of alkyl carbamates (subject to hydrolysis) is 1. The number of hydrogen-bond acceptors (Lipinski definition) is 6. The maximum absolute atomic E-state index is 12.2. The molecule has 1 rings (SSSR count). The van der Waals surface area contributed by atoms with Crippen LogP contribution >= 0.6 is 28.1 Å². The number of carbonyl (C=O) groups is 2. The van der Waals surface area contributed by atoms with E-state index in [1.807, 2.05) is 0 Å². The lowest BCUT2D eigenvalue weighted by atomic mass is 10.2. The highest BCUT2D eigenvalue weighted by molar-refractivity contribution is 9.10. The van der Waals surface area contributed by atoms with Crippen molar-refractivity contribution in [1.29, 1.82) is 0 Å². The molecule has 0 fully saturated rings. The van der Waals surface area contributed by atoms with Crippen molar-refractivity contribution in [3.05, 3.63) is 22.3 Å². The van der Waals surface area contributed by atoms with Gasteiger partial charge in [0.05, 0.1) is 18.8 Å². The van der Waals surface area contributed by atoms with Crippen molar-refractivity contribution in [3.63, 3.8) is 0 Å². The Hall–Kier alpha value is -1.78. The van der Waals surface area contributed by atoms with Crippen LogP contribution in [0.3, 0.4) is 0 Å². The fourth-order valence-electron chi connectivity index (χ4n) is 1.46. The van der Waals surface area contributed by atoms with E-state index in [1.165, 1.54) is 6.20 Å². The Morgan fingerprint density at radius 2 is 2.22 bits per heavy atom. The molecule has 126 valence electrons. The molecule has 23 heavy (non-hydrogen) atoms. The number of thiocarbonyl (C=S) groups is 1. The summed E-state index contributed by atoms with van der Waals surface area (Å²) in [7, 11) is 0. The number of aromatic nitrogens is 1. The zero-order chi connectivity index (χ0) is 17.4. The molecule has 8 nitrogen and oxygen atoms in total. The SMILES string of the molecule is CCOC(=O)NC(=S)Nc1ncc(Br)cc1C(=O)N[C@@H](C)CO. The minimum atomic E-state index is -0.706. The van der Waals surface area contributed by atoms with Crippen LogP contribution in [0.2, 0.25) is 0 Å². The third kappa shape index (κ3) is 6.47. The number of aliphatic hydroxyl groups is 1. The van der Waals surface area contributed by atoms with Gasteiger partial charge in [0, 0.05) is 16.7 Å². The highest BCUT2D eigenvalue weighted by atomic mass is 79.9. The molecule has 0 spiro atoms. The van der Waals surface area contributed by atoms with E-state index in [1.54, 1.807) is 19.9 Å². The third-order valence-electron chi connectivity index (χ3n) is 2.47. The molecular formula is C13H17BrN4O4S. The van der Waals surface area contributed by atoms with Crippen LogP contribution in [0.15, 0.2) is 16.7 Å². The minimum Gasteiger partial charge on any atom is -0.450 e. The molecule has 0 aliphatic carbocycles. The summed E-state index contributed by atoms with van der Waals surface area (Å²) < 4.78 is 5.29. The van der Waals surface area contributed by atoms with Gasteiger partial charge >= 0.3 is 6.09 Å². The number of nitrogens with zero attached hydrogens (tertiary/aromatic N) is 1. The third-order valence-corrected chi connectivity index (χ3v) is 3.11. The van der Waals surface area contributed by atoms with Crippen LogP contribution in [-0.4, -0.2) is 46.5 Å². The smallest absolute Gasteiger partial charge is 0.413 e. The largest absolute Gasteiger partial charge is 0.450 e. The van der Waals surface area contributed by atoms with Crippen molar-refractivity contribution in [2.24, 2.45) is 0 Å². The van der Waals surface area contributed by atoms with Gasteiger partial charge in [-0.3, -0.25) is 10.1 Å². The van der Waals surface area contributed by atoms with E-state index in [4.69, 9.17) is 22.1 Å². The first-order valence-corrected chi connectivity index (χ1v) is 7.89. The molecule has 0 saturated heterocycles. The van der Waals surface area contributed by atoms with E-state index < -0.39 is 18.0 Å². The lowest BCUT2D eigenvalue weighted by molar-refractivity contribution is 0.0922. The van der Waals surface area contributed by atoms with Gasteiger partial charge in [-0.15, -0.1) is 0 Å². The molecule has 0 aliphatic rings. The van der Waals surface area contributed by atoms with E-state index in [2.05, 4.69) is 36.9 Å². The van der Waals surface area contributed by atoms with Crippen molar-refractivity contribution < 1.29 is 19.4 Å². The van der Waals surface area contributed by atoms with E-state index in [-0.39, 0.29) is 29.7 Å². The second-order valence-electron chi connectivity index (χ2n) is 4.41. The lowest BCUT2D eigenvalue weighted by Crippen LogP contribution is -2.37. The monoisotopic (exact) mass is 404 g/mol. The van der Waals surface area contributed by atoms with Crippen molar-refractivity contribution in [1.82, 2.24) is 15.6 Å². The number of nitrogens with one attached hydrogen (secondary N) is 3. The topological polar surface area (TPSA) is 113 Å². The highest BCUT2D eigenvalue weighted by Gasteiger charge is 2.17. The fourth-order valence-corrected chi connectivity index (χ4v) is 1.97. The second-order valence-corrected chi connectivity index (χ2v) is 5.73. The first kappa shape index (κ1) is 19.3. The molecule has 10 heteroatoms. The minimum absolute atomic E-state index is 0.0532. The van der Waals surface area contributed by atoms with Crippen LogP contribution in [0, 0.1) is 0 Å². The zero-order valence-electron chi connectivity index (χ0n) is 12.6. The van der Waals surface area contributed by atoms with Crippen LogP contribution in [-0.2, 0) is 4.74 Å². The lowest BCUT2D eigenvalue weighted by Gasteiger charge is -2.15. The summed E-state index contributed by atoms with van der Waals surface area (Å²) in [6, 6.07) is 1.13. The van der Waals surface area contributed by atoms with Gasteiger partial charge in [-0.2, -0.15) is 0 Å². The molecule has 0 radical (unpaired) electrons. The molecule has 1 heterocycles. The number of anilines is 1. The number of halogens is 1. The van der Waals surface area contributed by atoms with Crippen molar-refractivity contribution in [2.75, 3.05) is 18.5 Å². The predicted octanol–water partition coefficient (Wildman–Crippen LogP) is 1.40. The summed E-state index contributed by atoms with van der Waals surface area (Å²) >= 11 is 8.20. The highest BCUT2D eigenvalue weighted by Crippen LogP contribution is 2.18. The van der Waals surface area contributed by atoms with Gasteiger partial charge in [-0.05, 0) is 48.1 Å². The number of amides is 2. The van der Waals surface area contributed by atoms with E-state index >= 15 is 0 Å². The first-order chi connectivity index (χ1) is 10.9. The Kier molecular flexibility index (Phi) is 7.86. The van der Waals surface area contributed by atoms with Gasteiger partial charge in [0.1, 0.15) is 5.82 Å². The van der Waals surface area contributed by atoms with Crippen molar-refractivity contribution in [2.45, 2.75) is 19.9 Å². The number of hydrogen-bond donors (Lipinski definition) is 4. The number of aliphatic hydroxyl groups excluding tert-OH is 1. The molecule has 4 N–H and O–H groups in total. The number of rotatable bonds is 5. The predicted molar refractivity (Wildman–Crippen MR) is 92.3 cm³/mol. The molecule has 1 aromatic rings. The van der Waals surface area contributed by atoms with E-state index in [0.717, 1.165) is 0 Å². The van der Waals surface area contributed by atoms with Crippen LogP contribution in [0.4, 0.5) is 10.6 Å². The molecule has 1 aromatic heterocycles. The summed E-state index contributed by atoms with van der Waals surface area (Å²) in [6.45, 7) is 3.33. The van der Waals surface area contributed by atoms with Gasteiger partial charge in [-0.25, -0.2) is 9.78 Å². The van der Waals surface area contributed by atoms with E-state index in [0.29, 0.717) is 4.47 Å².